The Labute approximate surface area is 112 Å². The van der Waals surface area contributed by atoms with Crippen LogP contribution in [0.3, 0.4) is 0 Å². The first-order chi connectivity index (χ1) is 7.64. The van der Waals surface area contributed by atoms with Gasteiger partial charge in [-0.05, 0) is 25.7 Å². The van der Waals surface area contributed by atoms with Gasteiger partial charge in [-0.2, -0.15) is 0 Å². The lowest BCUT2D eigenvalue weighted by molar-refractivity contribution is -0.138. The van der Waals surface area contributed by atoms with Crippen molar-refractivity contribution < 1.29 is 4.79 Å². The Morgan fingerprint density at radius 3 is 2.00 bits per heavy atom. The van der Waals surface area contributed by atoms with Gasteiger partial charge >= 0.3 is 0 Å². The van der Waals surface area contributed by atoms with Crippen LogP contribution >= 0.6 is 12.4 Å². The van der Waals surface area contributed by atoms with Crippen molar-refractivity contribution in [3.8, 4) is 0 Å². The van der Waals surface area contributed by atoms with E-state index < -0.39 is 5.54 Å². The highest BCUT2D eigenvalue weighted by atomic mass is 35.5. The van der Waals surface area contributed by atoms with Gasteiger partial charge < -0.3 is 10.6 Å². The zero-order valence-corrected chi connectivity index (χ0v) is 12.0. The molecule has 17 heavy (non-hydrogen) atoms. The Kier molecular flexibility index (Phi) is 7.80. The molecule has 0 aliphatic heterocycles. The van der Waals surface area contributed by atoms with Gasteiger partial charge in [0, 0.05) is 13.1 Å². The third-order valence-electron chi connectivity index (χ3n) is 3.45. The quantitative estimate of drug-likeness (QED) is 0.828. The molecular weight excluding hydrogens is 236 g/mol. The average Bonchev–Trinajstić information content (AvgIpc) is 2.29. The van der Waals surface area contributed by atoms with Crippen molar-refractivity contribution in [1.82, 2.24) is 4.90 Å². The molecule has 0 aromatic rings. The number of hydrogen-bond donors (Lipinski definition) is 1. The molecule has 102 valence electrons. The van der Waals surface area contributed by atoms with Crippen molar-refractivity contribution in [2.45, 2.75) is 64.3 Å². The van der Waals surface area contributed by atoms with Crippen LogP contribution in [0.4, 0.5) is 0 Å². The van der Waals surface area contributed by atoms with Crippen LogP contribution in [0.25, 0.3) is 0 Å². The van der Waals surface area contributed by atoms with Gasteiger partial charge in [0.1, 0.15) is 0 Å². The number of rotatable bonds is 5. The molecule has 4 heteroatoms. The second-order valence-electron chi connectivity index (χ2n) is 5.01. The van der Waals surface area contributed by atoms with E-state index in [2.05, 4.69) is 13.8 Å². The third-order valence-corrected chi connectivity index (χ3v) is 3.45. The van der Waals surface area contributed by atoms with Crippen LogP contribution in [-0.2, 0) is 4.79 Å². The van der Waals surface area contributed by atoms with E-state index in [1.165, 1.54) is 6.42 Å². The molecular formula is C13H27ClN2O. The minimum Gasteiger partial charge on any atom is -0.341 e. The molecule has 0 atom stereocenters. The number of halogens is 1. The SMILES string of the molecule is CCCN(CCC)C(=O)C1(N)CCCCC1.Cl. The largest absolute Gasteiger partial charge is 0.341 e. The maximum absolute atomic E-state index is 12.4. The Balaban J connectivity index is 0.00000256. The fraction of sp³-hybridized carbons (Fsp3) is 0.923. The summed E-state index contributed by atoms with van der Waals surface area (Å²) in [6, 6.07) is 0. The lowest BCUT2D eigenvalue weighted by Gasteiger charge is -2.36. The first-order valence-electron chi connectivity index (χ1n) is 6.72. The van der Waals surface area contributed by atoms with Crippen LogP contribution in [0, 0.1) is 0 Å². The van der Waals surface area contributed by atoms with E-state index in [1.807, 2.05) is 4.90 Å². The summed E-state index contributed by atoms with van der Waals surface area (Å²) in [5.74, 6) is 0.191. The van der Waals surface area contributed by atoms with Gasteiger partial charge in [0.25, 0.3) is 0 Å². The topological polar surface area (TPSA) is 46.3 Å². The van der Waals surface area contributed by atoms with Crippen LogP contribution in [-0.4, -0.2) is 29.4 Å². The van der Waals surface area contributed by atoms with Crippen molar-refractivity contribution in [3.63, 3.8) is 0 Å². The van der Waals surface area contributed by atoms with Gasteiger partial charge in [0.2, 0.25) is 5.91 Å². The van der Waals surface area contributed by atoms with E-state index in [9.17, 15) is 4.79 Å². The normalized spacial score (nSPS) is 18.3. The highest BCUT2D eigenvalue weighted by Gasteiger charge is 2.37. The van der Waals surface area contributed by atoms with Gasteiger partial charge in [0.05, 0.1) is 5.54 Å². The summed E-state index contributed by atoms with van der Waals surface area (Å²) in [5, 5.41) is 0. The molecule has 1 amide bonds. The maximum atomic E-state index is 12.4. The zero-order chi connectivity index (χ0) is 12.0. The molecule has 1 fully saturated rings. The summed E-state index contributed by atoms with van der Waals surface area (Å²) in [6.07, 6.45) is 7.21. The number of nitrogens with two attached hydrogens (primary N) is 1. The summed E-state index contributed by atoms with van der Waals surface area (Å²) in [6.45, 7) is 5.93. The lowest BCUT2D eigenvalue weighted by atomic mass is 9.81. The third kappa shape index (κ3) is 4.47. The number of amides is 1. The Morgan fingerprint density at radius 1 is 1.12 bits per heavy atom. The molecule has 0 spiro atoms. The Hall–Kier alpha value is -0.280. The van der Waals surface area contributed by atoms with E-state index in [0.717, 1.165) is 51.6 Å². The molecule has 0 aromatic carbocycles. The molecule has 0 saturated heterocycles. The number of hydrogen-bond acceptors (Lipinski definition) is 2. The molecule has 0 radical (unpaired) electrons. The van der Waals surface area contributed by atoms with Gasteiger partial charge in [-0.3, -0.25) is 4.79 Å². The summed E-state index contributed by atoms with van der Waals surface area (Å²) < 4.78 is 0. The van der Waals surface area contributed by atoms with Gasteiger partial charge in [0.15, 0.2) is 0 Å². The smallest absolute Gasteiger partial charge is 0.242 e. The molecule has 1 saturated carbocycles. The van der Waals surface area contributed by atoms with E-state index >= 15 is 0 Å². The van der Waals surface area contributed by atoms with Crippen molar-refractivity contribution in [3.05, 3.63) is 0 Å². The van der Waals surface area contributed by atoms with Crippen molar-refractivity contribution >= 4 is 18.3 Å². The first-order valence-corrected chi connectivity index (χ1v) is 6.72. The molecule has 1 aliphatic carbocycles. The number of carbonyl (C=O) groups is 1. The highest BCUT2D eigenvalue weighted by molar-refractivity contribution is 5.86. The predicted molar refractivity (Wildman–Crippen MR) is 74.4 cm³/mol. The van der Waals surface area contributed by atoms with Gasteiger partial charge in [-0.1, -0.05) is 33.1 Å². The molecule has 0 heterocycles. The van der Waals surface area contributed by atoms with Crippen molar-refractivity contribution in [2.24, 2.45) is 5.73 Å². The number of nitrogens with zero attached hydrogens (tertiary/aromatic N) is 1. The molecule has 0 unspecified atom stereocenters. The van der Waals surface area contributed by atoms with E-state index in [-0.39, 0.29) is 18.3 Å². The average molecular weight is 263 g/mol. The molecule has 0 aromatic heterocycles. The van der Waals surface area contributed by atoms with E-state index in [0.29, 0.717) is 0 Å². The van der Waals surface area contributed by atoms with Crippen LogP contribution in [0.2, 0.25) is 0 Å². The minimum atomic E-state index is -0.553. The minimum absolute atomic E-state index is 0. The zero-order valence-electron chi connectivity index (χ0n) is 11.2. The van der Waals surface area contributed by atoms with Crippen LogP contribution in [0.15, 0.2) is 0 Å². The Bertz CT molecular complexity index is 221. The maximum Gasteiger partial charge on any atom is 0.242 e. The lowest BCUT2D eigenvalue weighted by Crippen LogP contribution is -2.56. The van der Waals surface area contributed by atoms with E-state index in [1.54, 1.807) is 0 Å². The molecule has 1 rings (SSSR count). The summed E-state index contributed by atoms with van der Waals surface area (Å²) >= 11 is 0. The second kappa shape index (κ2) is 7.93. The monoisotopic (exact) mass is 262 g/mol. The molecule has 2 N–H and O–H groups in total. The molecule has 0 bridgehead atoms. The summed E-state index contributed by atoms with van der Waals surface area (Å²) in [5.41, 5.74) is 5.72. The standard InChI is InChI=1S/C13H26N2O.ClH/c1-3-10-15(11-4-2)12(16)13(14)8-6-5-7-9-13;/h3-11,14H2,1-2H3;1H. The van der Waals surface area contributed by atoms with Gasteiger partial charge in [-0.25, -0.2) is 0 Å². The van der Waals surface area contributed by atoms with E-state index in [4.69, 9.17) is 5.73 Å². The molecule has 3 nitrogen and oxygen atoms in total. The second-order valence-corrected chi connectivity index (χ2v) is 5.01. The highest BCUT2D eigenvalue weighted by Crippen LogP contribution is 2.27. The van der Waals surface area contributed by atoms with Crippen molar-refractivity contribution in [1.29, 1.82) is 0 Å². The molecule has 1 aliphatic rings. The van der Waals surface area contributed by atoms with Gasteiger partial charge in [-0.15, -0.1) is 12.4 Å². The van der Waals surface area contributed by atoms with Crippen LogP contribution in [0.5, 0.6) is 0 Å². The van der Waals surface area contributed by atoms with Crippen molar-refractivity contribution in [2.75, 3.05) is 13.1 Å². The number of carbonyl (C=O) groups excluding carboxylic acids is 1. The van der Waals surface area contributed by atoms with Crippen LogP contribution in [0.1, 0.15) is 58.8 Å². The summed E-state index contributed by atoms with van der Waals surface area (Å²) in [4.78, 5) is 14.4. The first kappa shape index (κ1) is 16.7. The summed E-state index contributed by atoms with van der Waals surface area (Å²) in [7, 11) is 0. The fourth-order valence-electron chi connectivity index (χ4n) is 2.57. The fourth-order valence-corrected chi connectivity index (χ4v) is 2.57. The Morgan fingerprint density at radius 2 is 1.59 bits per heavy atom. The van der Waals surface area contributed by atoms with Crippen LogP contribution < -0.4 is 5.73 Å². The predicted octanol–water partition coefficient (Wildman–Crippen LogP) is 2.72.